The van der Waals surface area contributed by atoms with Gasteiger partial charge in [-0.3, -0.25) is 4.79 Å². The number of hydrogen-bond donors (Lipinski definition) is 0. The molecule has 1 aromatic rings. The largest absolute Gasteiger partial charge is 0.383 e. The standard InChI is InChI=1S/C17H23ClFNO3/c1-17(5-8-23-9-6-17)12-20(7-10-22-2)16(21)14-4-3-13(19)11-15(14)18/h3-4,11H,5-10,12H2,1-2H3. The fourth-order valence-electron chi connectivity index (χ4n) is 2.77. The van der Waals surface area contributed by atoms with Crippen LogP contribution in [0.4, 0.5) is 4.39 Å². The lowest BCUT2D eigenvalue weighted by molar-refractivity contribution is 0.00274. The van der Waals surface area contributed by atoms with Crippen LogP contribution in [0.3, 0.4) is 0 Å². The fraction of sp³-hybridized carbons (Fsp3) is 0.588. The van der Waals surface area contributed by atoms with E-state index in [0.717, 1.165) is 12.8 Å². The summed E-state index contributed by atoms with van der Waals surface area (Å²) in [6.07, 6.45) is 1.81. The van der Waals surface area contributed by atoms with Crippen molar-refractivity contribution in [3.63, 3.8) is 0 Å². The molecule has 1 aromatic carbocycles. The highest BCUT2D eigenvalue weighted by molar-refractivity contribution is 6.33. The molecule has 0 aromatic heterocycles. The van der Waals surface area contributed by atoms with Crippen molar-refractivity contribution in [1.82, 2.24) is 4.90 Å². The molecule has 1 amide bonds. The summed E-state index contributed by atoms with van der Waals surface area (Å²) in [4.78, 5) is 14.6. The summed E-state index contributed by atoms with van der Waals surface area (Å²) in [6.45, 7) is 5.10. The van der Waals surface area contributed by atoms with Crippen molar-refractivity contribution in [2.24, 2.45) is 5.41 Å². The van der Waals surface area contributed by atoms with E-state index in [1.165, 1.54) is 18.2 Å². The van der Waals surface area contributed by atoms with Crippen LogP contribution in [0.5, 0.6) is 0 Å². The number of amides is 1. The third kappa shape index (κ3) is 4.90. The SMILES string of the molecule is COCCN(CC1(C)CCOCC1)C(=O)c1ccc(F)cc1Cl. The number of carbonyl (C=O) groups excluding carboxylic acids is 1. The average molecular weight is 344 g/mol. The van der Waals surface area contributed by atoms with Crippen LogP contribution in [0.2, 0.25) is 5.02 Å². The van der Waals surface area contributed by atoms with E-state index in [1.54, 1.807) is 12.0 Å². The molecule has 0 radical (unpaired) electrons. The molecule has 1 fully saturated rings. The molecule has 23 heavy (non-hydrogen) atoms. The van der Waals surface area contributed by atoms with Gasteiger partial charge in [-0.2, -0.15) is 0 Å². The molecule has 0 N–H and O–H groups in total. The molecule has 0 atom stereocenters. The van der Waals surface area contributed by atoms with Crippen molar-refractivity contribution in [2.75, 3.05) is 40.0 Å². The summed E-state index contributed by atoms with van der Waals surface area (Å²) in [7, 11) is 1.60. The van der Waals surface area contributed by atoms with Crippen molar-refractivity contribution in [2.45, 2.75) is 19.8 Å². The number of carbonyl (C=O) groups is 1. The maximum Gasteiger partial charge on any atom is 0.255 e. The van der Waals surface area contributed by atoms with E-state index in [-0.39, 0.29) is 16.3 Å². The highest BCUT2D eigenvalue weighted by Crippen LogP contribution is 2.31. The van der Waals surface area contributed by atoms with E-state index in [1.807, 2.05) is 0 Å². The Balaban J connectivity index is 2.17. The van der Waals surface area contributed by atoms with Crippen LogP contribution in [-0.4, -0.2) is 50.8 Å². The average Bonchev–Trinajstić information content (AvgIpc) is 2.51. The van der Waals surface area contributed by atoms with E-state index in [4.69, 9.17) is 21.1 Å². The van der Waals surface area contributed by atoms with Gasteiger partial charge in [-0.1, -0.05) is 18.5 Å². The molecule has 1 saturated heterocycles. The third-order valence-corrected chi connectivity index (χ3v) is 4.60. The Bertz CT molecular complexity index is 547. The summed E-state index contributed by atoms with van der Waals surface area (Å²) in [5, 5.41) is 0.134. The molecule has 1 heterocycles. The summed E-state index contributed by atoms with van der Waals surface area (Å²) in [5.41, 5.74) is 0.327. The molecule has 0 unspecified atom stereocenters. The molecule has 1 aliphatic heterocycles. The summed E-state index contributed by atoms with van der Waals surface area (Å²) >= 11 is 6.04. The van der Waals surface area contributed by atoms with E-state index >= 15 is 0 Å². The van der Waals surface area contributed by atoms with E-state index in [2.05, 4.69) is 6.92 Å². The van der Waals surface area contributed by atoms with Crippen LogP contribution in [0.15, 0.2) is 18.2 Å². The van der Waals surface area contributed by atoms with Crippen molar-refractivity contribution in [3.8, 4) is 0 Å². The van der Waals surface area contributed by atoms with Crippen LogP contribution in [0, 0.1) is 11.2 Å². The first kappa shape index (κ1) is 18.2. The van der Waals surface area contributed by atoms with Gasteiger partial charge in [-0.25, -0.2) is 4.39 Å². The van der Waals surface area contributed by atoms with Crippen LogP contribution >= 0.6 is 11.6 Å². The zero-order chi connectivity index (χ0) is 16.9. The van der Waals surface area contributed by atoms with Crippen LogP contribution in [-0.2, 0) is 9.47 Å². The summed E-state index contributed by atoms with van der Waals surface area (Å²) in [6, 6.07) is 3.86. The predicted octanol–water partition coefficient (Wildman–Crippen LogP) is 3.38. The van der Waals surface area contributed by atoms with Crippen molar-refractivity contribution >= 4 is 17.5 Å². The number of nitrogens with zero attached hydrogens (tertiary/aromatic N) is 1. The first-order valence-corrected chi connectivity index (χ1v) is 8.14. The van der Waals surface area contributed by atoms with Gasteiger partial charge in [0.15, 0.2) is 0 Å². The summed E-state index contributed by atoms with van der Waals surface area (Å²) < 4.78 is 23.7. The van der Waals surface area contributed by atoms with Gasteiger partial charge in [0.05, 0.1) is 17.2 Å². The van der Waals surface area contributed by atoms with E-state index in [9.17, 15) is 9.18 Å². The lowest BCUT2D eigenvalue weighted by atomic mass is 9.82. The lowest BCUT2D eigenvalue weighted by Gasteiger charge is -2.38. The molecule has 4 nitrogen and oxygen atoms in total. The Kier molecular flexibility index (Phi) is 6.39. The number of ether oxygens (including phenoxy) is 2. The van der Waals surface area contributed by atoms with Crippen LogP contribution < -0.4 is 0 Å². The van der Waals surface area contributed by atoms with Crippen LogP contribution in [0.25, 0.3) is 0 Å². The van der Waals surface area contributed by atoms with Crippen LogP contribution in [0.1, 0.15) is 30.1 Å². The zero-order valence-electron chi connectivity index (χ0n) is 13.6. The van der Waals surface area contributed by atoms with Gasteiger partial charge in [0.2, 0.25) is 0 Å². The molecule has 0 saturated carbocycles. The van der Waals surface area contributed by atoms with Gasteiger partial charge in [-0.15, -0.1) is 0 Å². The Labute approximate surface area is 141 Å². The van der Waals surface area contributed by atoms with Crippen molar-refractivity contribution < 1.29 is 18.7 Å². The second kappa shape index (κ2) is 8.08. The smallest absolute Gasteiger partial charge is 0.255 e. The topological polar surface area (TPSA) is 38.8 Å². The second-order valence-electron chi connectivity index (χ2n) is 6.27. The number of methoxy groups -OCH3 is 1. The van der Waals surface area contributed by atoms with Gasteiger partial charge >= 0.3 is 0 Å². The maximum atomic E-state index is 13.2. The maximum absolute atomic E-state index is 13.2. The minimum atomic E-state index is -0.452. The zero-order valence-corrected chi connectivity index (χ0v) is 14.4. The van der Waals surface area contributed by atoms with Gasteiger partial charge < -0.3 is 14.4 Å². The fourth-order valence-corrected chi connectivity index (χ4v) is 3.02. The van der Waals surface area contributed by atoms with Gasteiger partial charge in [0, 0.05) is 33.4 Å². The normalized spacial score (nSPS) is 17.0. The quantitative estimate of drug-likeness (QED) is 0.794. The minimum absolute atomic E-state index is 0.00809. The molecular weight excluding hydrogens is 321 g/mol. The highest BCUT2D eigenvalue weighted by Gasteiger charge is 2.32. The monoisotopic (exact) mass is 343 g/mol. The van der Waals surface area contributed by atoms with E-state index < -0.39 is 5.82 Å². The Morgan fingerprint density at radius 1 is 1.43 bits per heavy atom. The molecular formula is C17H23ClFNO3. The molecule has 6 heteroatoms. The molecule has 0 aliphatic carbocycles. The molecule has 128 valence electrons. The Morgan fingerprint density at radius 2 is 2.13 bits per heavy atom. The lowest BCUT2D eigenvalue weighted by Crippen LogP contribution is -2.44. The number of hydrogen-bond acceptors (Lipinski definition) is 3. The molecule has 0 bridgehead atoms. The third-order valence-electron chi connectivity index (χ3n) is 4.29. The minimum Gasteiger partial charge on any atom is -0.383 e. The predicted molar refractivity (Wildman–Crippen MR) is 87.3 cm³/mol. The van der Waals surface area contributed by atoms with Crippen molar-refractivity contribution in [3.05, 3.63) is 34.6 Å². The number of halogens is 2. The van der Waals surface area contributed by atoms with Gasteiger partial charge in [0.25, 0.3) is 5.91 Å². The number of rotatable bonds is 6. The Morgan fingerprint density at radius 3 is 2.74 bits per heavy atom. The van der Waals surface area contributed by atoms with Gasteiger partial charge in [0.1, 0.15) is 5.82 Å². The van der Waals surface area contributed by atoms with E-state index in [0.29, 0.717) is 38.5 Å². The number of benzene rings is 1. The summed E-state index contributed by atoms with van der Waals surface area (Å²) in [5.74, 6) is -0.647. The first-order chi connectivity index (χ1) is 10.9. The molecule has 0 spiro atoms. The van der Waals surface area contributed by atoms with Crippen molar-refractivity contribution in [1.29, 1.82) is 0 Å². The Hall–Kier alpha value is -1.17. The van der Waals surface area contributed by atoms with Gasteiger partial charge in [-0.05, 0) is 36.5 Å². The first-order valence-electron chi connectivity index (χ1n) is 7.76. The highest BCUT2D eigenvalue weighted by atomic mass is 35.5. The second-order valence-corrected chi connectivity index (χ2v) is 6.67. The molecule has 1 aliphatic rings. The molecule has 2 rings (SSSR count).